The normalized spacial score (nSPS) is 16.0. The number of morpholine rings is 1. The standard InChI is InChI=1S/C9H15N5OS2/c1-16-9(17-2)11-7-10-8(13-12-7)14-3-5-15-6-4-14/h3-6H2,1-2H3,(H,10,12,13). The zero-order valence-corrected chi connectivity index (χ0v) is 11.5. The maximum absolute atomic E-state index is 5.29. The Morgan fingerprint density at radius 3 is 2.71 bits per heavy atom. The minimum atomic E-state index is 0.560. The third-order valence-corrected chi connectivity index (χ3v) is 4.18. The number of thioether (sulfide) groups is 2. The summed E-state index contributed by atoms with van der Waals surface area (Å²) in [5.41, 5.74) is 0. The predicted molar refractivity (Wildman–Crippen MR) is 73.5 cm³/mol. The van der Waals surface area contributed by atoms with E-state index < -0.39 is 0 Å². The quantitative estimate of drug-likeness (QED) is 0.648. The molecule has 17 heavy (non-hydrogen) atoms. The number of nitrogens with zero attached hydrogens (tertiary/aromatic N) is 4. The molecule has 0 spiro atoms. The van der Waals surface area contributed by atoms with Gasteiger partial charge in [-0.2, -0.15) is 9.98 Å². The van der Waals surface area contributed by atoms with Crippen LogP contribution < -0.4 is 4.90 Å². The molecule has 6 nitrogen and oxygen atoms in total. The van der Waals surface area contributed by atoms with Crippen LogP contribution in [-0.4, -0.2) is 58.4 Å². The van der Waals surface area contributed by atoms with Crippen LogP contribution in [0.15, 0.2) is 4.99 Å². The minimum Gasteiger partial charge on any atom is -0.378 e. The monoisotopic (exact) mass is 273 g/mol. The Balaban J connectivity index is 2.07. The van der Waals surface area contributed by atoms with E-state index in [1.807, 2.05) is 12.5 Å². The first-order valence-electron chi connectivity index (χ1n) is 5.25. The van der Waals surface area contributed by atoms with Crippen LogP contribution in [0, 0.1) is 0 Å². The van der Waals surface area contributed by atoms with Gasteiger partial charge in [-0.1, -0.05) is 0 Å². The Hall–Kier alpha value is -0.730. The van der Waals surface area contributed by atoms with Crippen LogP contribution in [-0.2, 0) is 4.74 Å². The number of aromatic amines is 1. The van der Waals surface area contributed by atoms with E-state index in [0.29, 0.717) is 11.9 Å². The summed E-state index contributed by atoms with van der Waals surface area (Å²) in [5, 5.41) is 7.01. The van der Waals surface area contributed by atoms with Crippen molar-refractivity contribution in [2.75, 3.05) is 43.7 Å². The summed E-state index contributed by atoms with van der Waals surface area (Å²) in [6.07, 6.45) is 3.99. The topological polar surface area (TPSA) is 66.4 Å². The van der Waals surface area contributed by atoms with E-state index in [1.54, 1.807) is 23.5 Å². The van der Waals surface area contributed by atoms with Gasteiger partial charge < -0.3 is 9.64 Å². The van der Waals surface area contributed by atoms with E-state index in [9.17, 15) is 0 Å². The summed E-state index contributed by atoms with van der Waals surface area (Å²) in [6.45, 7) is 3.12. The van der Waals surface area contributed by atoms with Crippen molar-refractivity contribution in [1.29, 1.82) is 0 Å². The first-order chi connectivity index (χ1) is 8.33. The lowest BCUT2D eigenvalue weighted by atomic mass is 10.4. The maximum atomic E-state index is 5.29. The van der Waals surface area contributed by atoms with Crippen molar-refractivity contribution >= 4 is 39.8 Å². The van der Waals surface area contributed by atoms with Gasteiger partial charge >= 0.3 is 0 Å². The molecule has 2 heterocycles. The van der Waals surface area contributed by atoms with Gasteiger partial charge in [-0.3, -0.25) is 0 Å². The number of hydrogen-bond donors (Lipinski definition) is 1. The highest BCUT2D eigenvalue weighted by molar-refractivity contribution is 8.38. The van der Waals surface area contributed by atoms with Gasteiger partial charge in [0.15, 0.2) is 0 Å². The smallest absolute Gasteiger partial charge is 0.248 e. The van der Waals surface area contributed by atoms with E-state index in [2.05, 4.69) is 25.1 Å². The highest BCUT2D eigenvalue weighted by Crippen LogP contribution is 2.18. The number of ether oxygens (including phenoxy) is 1. The van der Waals surface area contributed by atoms with Gasteiger partial charge in [-0.05, 0) is 12.5 Å². The van der Waals surface area contributed by atoms with Gasteiger partial charge in [0.2, 0.25) is 11.9 Å². The molecule has 1 aliphatic heterocycles. The summed E-state index contributed by atoms with van der Waals surface area (Å²) >= 11 is 3.20. The maximum Gasteiger partial charge on any atom is 0.248 e. The Labute approximate surface area is 109 Å². The van der Waals surface area contributed by atoms with Gasteiger partial charge in [0.05, 0.1) is 13.2 Å². The SMILES string of the molecule is CSC(=Nc1nc(N2CCOCC2)n[nH]1)SC. The molecule has 0 aliphatic carbocycles. The molecule has 0 bridgehead atoms. The van der Waals surface area contributed by atoms with Gasteiger partial charge in [0.25, 0.3) is 0 Å². The summed E-state index contributed by atoms with van der Waals surface area (Å²) in [7, 11) is 0. The molecule has 8 heteroatoms. The largest absolute Gasteiger partial charge is 0.378 e. The Morgan fingerprint density at radius 2 is 2.06 bits per heavy atom. The van der Waals surface area contributed by atoms with Gasteiger partial charge in [0.1, 0.15) is 4.38 Å². The number of aromatic nitrogens is 3. The van der Waals surface area contributed by atoms with Crippen LogP contribution in [0.25, 0.3) is 0 Å². The Kier molecular flexibility index (Phi) is 4.69. The van der Waals surface area contributed by atoms with E-state index in [4.69, 9.17) is 4.74 Å². The first kappa shape index (κ1) is 12.7. The van der Waals surface area contributed by atoms with E-state index in [-0.39, 0.29) is 0 Å². The summed E-state index contributed by atoms with van der Waals surface area (Å²) in [4.78, 5) is 10.8. The van der Waals surface area contributed by atoms with Gasteiger partial charge in [-0.15, -0.1) is 28.6 Å². The second-order valence-corrected chi connectivity index (χ2v) is 5.19. The fourth-order valence-electron chi connectivity index (χ4n) is 1.46. The molecule has 0 unspecified atom stereocenters. The van der Waals surface area contributed by atoms with Gasteiger partial charge in [0, 0.05) is 13.1 Å². The highest BCUT2D eigenvalue weighted by Gasteiger charge is 2.15. The average Bonchev–Trinajstić information content (AvgIpc) is 2.85. The molecular formula is C9H15N5OS2. The van der Waals surface area contributed by atoms with E-state index in [0.717, 1.165) is 30.7 Å². The van der Waals surface area contributed by atoms with Crippen LogP contribution in [0.3, 0.4) is 0 Å². The first-order valence-corrected chi connectivity index (χ1v) is 7.70. The highest BCUT2D eigenvalue weighted by atomic mass is 32.2. The van der Waals surface area contributed by atoms with Crippen LogP contribution in [0.2, 0.25) is 0 Å². The van der Waals surface area contributed by atoms with Crippen LogP contribution >= 0.6 is 23.5 Å². The molecule has 2 rings (SSSR count). The lowest BCUT2D eigenvalue weighted by molar-refractivity contribution is 0.122. The minimum absolute atomic E-state index is 0.560. The summed E-state index contributed by atoms with van der Waals surface area (Å²) in [6, 6.07) is 0. The number of aliphatic imine (C=N–C) groups is 1. The van der Waals surface area contributed by atoms with Crippen molar-refractivity contribution in [3.8, 4) is 0 Å². The van der Waals surface area contributed by atoms with Crippen molar-refractivity contribution in [1.82, 2.24) is 15.2 Å². The Bertz CT molecular complexity index is 382. The predicted octanol–water partition coefficient (Wildman–Crippen LogP) is 1.35. The molecule has 1 saturated heterocycles. The zero-order chi connectivity index (χ0) is 12.1. The van der Waals surface area contributed by atoms with Crippen molar-refractivity contribution in [2.45, 2.75) is 0 Å². The number of H-pyrrole nitrogens is 1. The molecule has 0 amide bonds. The van der Waals surface area contributed by atoms with Crippen LogP contribution in [0.5, 0.6) is 0 Å². The lowest BCUT2D eigenvalue weighted by Gasteiger charge is -2.25. The summed E-state index contributed by atoms with van der Waals surface area (Å²) in [5.74, 6) is 1.26. The molecule has 1 aromatic heterocycles. The van der Waals surface area contributed by atoms with E-state index >= 15 is 0 Å². The van der Waals surface area contributed by atoms with Gasteiger partial charge in [-0.25, -0.2) is 5.10 Å². The van der Waals surface area contributed by atoms with E-state index in [1.165, 1.54) is 0 Å². The van der Waals surface area contributed by atoms with Crippen molar-refractivity contribution in [3.63, 3.8) is 0 Å². The molecule has 0 atom stereocenters. The molecule has 1 fully saturated rings. The number of nitrogens with one attached hydrogen (secondary N) is 1. The zero-order valence-electron chi connectivity index (χ0n) is 9.84. The van der Waals surface area contributed by atoms with Crippen molar-refractivity contribution in [2.24, 2.45) is 4.99 Å². The van der Waals surface area contributed by atoms with Crippen LogP contribution in [0.1, 0.15) is 0 Å². The summed E-state index contributed by atoms with van der Waals surface area (Å²) < 4.78 is 6.25. The molecule has 1 N–H and O–H groups in total. The molecule has 1 aliphatic rings. The second kappa shape index (κ2) is 6.27. The molecular weight excluding hydrogens is 258 g/mol. The fraction of sp³-hybridized carbons (Fsp3) is 0.667. The number of rotatable bonds is 2. The molecule has 0 aromatic carbocycles. The molecule has 0 radical (unpaired) electrons. The van der Waals surface area contributed by atoms with Crippen molar-refractivity contribution < 1.29 is 4.74 Å². The average molecular weight is 273 g/mol. The third kappa shape index (κ3) is 3.36. The molecule has 94 valence electrons. The van der Waals surface area contributed by atoms with Crippen LogP contribution in [0.4, 0.5) is 11.9 Å². The lowest BCUT2D eigenvalue weighted by Crippen LogP contribution is -2.36. The second-order valence-electron chi connectivity index (χ2n) is 3.34. The number of hydrogen-bond acceptors (Lipinski definition) is 7. The number of anilines is 1. The molecule has 0 saturated carbocycles. The Morgan fingerprint density at radius 1 is 1.35 bits per heavy atom. The third-order valence-electron chi connectivity index (χ3n) is 2.30. The van der Waals surface area contributed by atoms with Crippen molar-refractivity contribution in [3.05, 3.63) is 0 Å². The fourth-order valence-corrected chi connectivity index (χ4v) is 2.48. The molecule has 1 aromatic rings.